The van der Waals surface area contributed by atoms with E-state index in [9.17, 15) is 18.0 Å². The van der Waals surface area contributed by atoms with E-state index in [1.54, 1.807) is 13.0 Å². The highest BCUT2D eigenvalue weighted by Gasteiger charge is 2.34. The molecule has 0 spiro atoms. The van der Waals surface area contributed by atoms with Crippen molar-refractivity contribution in [2.45, 2.75) is 25.4 Å². The largest absolute Gasteiger partial charge is 0.416 e. The van der Waals surface area contributed by atoms with Crippen molar-refractivity contribution >= 4 is 17.5 Å². The van der Waals surface area contributed by atoms with Crippen LogP contribution in [0.3, 0.4) is 0 Å². The van der Waals surface area contributed by atoms with Gasteiger partial charge in [0.25, 0.3) is 0 Å². The van der Waals surface area contributed by atoms with Crippen molar-refractivity contribution in [1.29, 1.82) is 0 Å². The maximum absolute atomic E-state index is 13.0. The van der Waals surface area contributed by atoms with Crippen molar-refractivity contribution in [3.05, 3.63) is 58.8 Å². The van der Waals surface area contributed by atoms with Crippen molar-refractivity contribution in [3.63, 3.8) is 0 Å². The summed E-state index contributed by atoms with van der Waals surface area (Å²) in [6.45, 7) is 4.53. The first-order valence-electron chi connectivity index (χ1n) is 10.5. The molecule has 2 aromatic heterocycles. The number of rotatable bonds is 3. The number of aryl methyl sites for hydroxylation is 1. The summed E-state index contributed by atoms with van der Waals surface area (Å²) in [5.41, 5.74) is 1.31. The number of halogens is 3. The lowest BCUT2D eigenvalue weighted by Crippen LogP contribution is -2.36. The Morgan fingerprint density at radius 2 is 1.70 bits per heavy atom. The number of ether oxygens (including phenoxy) is 1. The van der Waals surface area contributed by atoms with Gasteiger partial charge in [0.05, 0.1) is 24.5 Å². The van der Waals surface area contributed by atoms with Crippen molar-refractivity contribution in [3.8, 4) is 5.82 Å². The first kappa shape index (κ1) is 21.4. The fraction of sp³-hybridized carbons (Fsp3) is 0.364. The van der Waals surface area contributed by atoms with Crippen molar-refractivity contribution in [2.75, 3.05) is 36.5 Å². The number of hydrogen-bond donors (Lipinski definition) is 1. The Labute approximate surface area is 187 Å². The number of nitrogens with one attached hydrogen (secondary N) is 1. The summed E-state index contributed by atoms with van der Waals surface area (Å²) < 4.78 is 45.8. The highest BCUT2D eigenvalue weighted by molar-refractivity contribution is 5.95. The van der Waals surface area contributed by atoms with Gasteiger partial charge in [-0.05, 0) is 36.8 Å². The molecule has 1 N–H and O–H groups in total. The van der Waals surface area contributed by atoms with Gasteiger partial charge in [0.2, 0.25) is 5.91 Å². The summed E-state index contributed by atoms with van der Waals surface area (Å²) in [5.74, 6) is 0.968. The zero-order chi connectivity index (χ0) is 23.2. The monoisotopic (exact) mass is 458 g/mol. The van der Waals surface area contributed by atoms with Crippen LogP contribution in [0.1, 0.15) is 34.7 Å². The number of morpholine rings is 1. The fourth-order valence-corrected chi connectivity index (χ4v) is 4.29. The molecule has 3 aromatic rings. The van der Waals surface area contributed by atoms with Crippen LogP contribution >= 0.6 is 0 Å². The number of carbonyl (C=O) groups excluding carboxylic acids is 1. The minimum Gasteiger partial charge on any atom is -0.378 e. The number of aromatic nitrogens is 4. The topological polar surface area (TPSA) is 85.2 Å². The molecule has 2 aliphatic rings. The van der Waals surface area contributed by atoms with Gasteiger partial charge in [-0.3, -0.25) is 4.79 Å². The van der Waals surface area contributed by atoms with Crippen LogP contribution in [-0.4, -0.2) is 52.2 Å². The summed E-state index contributed by atoms with van der Waals surface area (Å²) >= 11 is 0. The van der Waals surface area contributed by atoms with Crippen LogP contribution in [0.15, 0.2) is 36.4 Å². The smallest absolute Gasteiger partial charge is 0.378 e. The molecule has 0 radical (unpaired) electrons. The van der Waals surface area contributed by atoms with Crippen molar-refractivity contribution < 1.29 is 22.7 Å². The van der Waals surface area contributed by atoms with E-state index in [0.717, 1.165) is 36.6 Å². The lowest BCUT2D eigenvalue weighted by Gasteiger charge is -2.27. The number of benzene rings is 1. The van der Waals surface area contributed by atoms with E-state index < -0.39 is 17.7 Å². The van der Waals surface area contributed by atoms with E-state index in [1.165, 1.54) is 16.8 Å². The molecule has 1 atom stereocenters. The lowest BCUT2D eigenvalue weighted by molar-refractivity contribution is -0.137. The van der Waals surface area contributed by atoms with E-state index in [1.807, 2.05) is 6.07 Å². The summed E-state index contributed by atoms with van der Waals surface area (Å²) in [5, 5.41) is 16.0. The number of amides is 1. The molecule has 1 aromatic carbocycles. The average Bonchev–Trinajstić information content (AvgIpc) is 3.15. The third kappa shape index (κ3) is 4.04. The van der Waals surface area contributed by atoms with E-state index in [-0.39, 0.29) is 12.3 Å². The van der Waals surface area contributed by atoms with Gasteiger partial charge in [-0.1, -0.05) is 12.1 Å². The van der Waals surface area contributed by atoms with Gasteiger partial charge < -0.3 is 15.0 Å². The van der Waals surface area contributed by atoms with Crippen LogP contribution in [0.2, 0.25) is 0 Å². The van der Waals surface area contributed by atoms with Gasteiger partial charge >= 0.3 is 6.18 Å². The quantitative estimate of drug-likeness (QED) is 0.648. The summed E-state index contributed by atoms with van der Waals surface area (Å²) in [7, 11) is 0. The Balaban J connectivity index is 1.49. The minimum atomic E-state index is -4.42. The number of nitrogens with zero attached hydrogens (tertiary/aromatic N) is 5. The maximum Gasteiger partial charge on any atom is 0.416 e. The third-order valence-electron chi connectivity index (χ3n) is 5.93. The number of fused-ring (bicyclic) bond motifs is 1. The Kier molecular flexibility index (Phi) is 5.28. The van der Waals surface area contributed by atoms with Crippen molar-refractivity contribution in [2.24, 2.45) is 0 Å². The molecule has 172 valence electrons. The molecule has 33 heavy (non-hydrogen) atoms. The van der Waals surface area contributed by atoms with Crippen LogP contribution < -0.4 is 10.2 Å². The Bertz CT molecular complexity index is 1170. The van der Waals surface area contributed by atoms with Gasteiger partial charge in [0.1, 0.15) is 5.82 Å². The molecule has 5 rings (SSSR count). The zero-order valence-corrected chi connectivity index (χ0v) is 17.8. The predicted octanol–water partition coefficient (Wildman–Crippen LogP) is 3.30. The molecule has 11 heteroatoms. The number of hydrogen-bond acceptors (Lipinski definition) is 6. The first-order chi connectivity index (χ1) is 15.8. The normalized spacial score (nSPS) is 18.7. The first-order valence-corrected chi connectivity index (χ1v) is 10.5. The van der Waals surface area contributed by atoms with Crippen LogP contribution in [0, 0.1) is 6.92 Å². The van der Waals surface area contributed by atoms with Crippen LogP contribution in [0.4, 0.5) is 24.8 Å². The second-order valence-electron chi connectivity index (χ2n) is 8.03. The molecule has 0 unspecified atom stereocenters. The van der Waals surface area contributed by atoms with Gasteiger partial charge in [0.15, 0.2) is 11.6 Å². The Hall–Kier alpha value is -3.47. The SMILES string of the molecule is Cc1nn(-c2ccc(N3CCOCC3)nn2)c2c1[C@H](c1ccc(C(F)(F)F)cc1)CC(=O)N2. The predicted molar refractivity (Wildman–Crippen MR) is 113 cm³/mol. The Morgan fingerprint density at radius 1 is 1.03 bits per heavy atom. The molecule has 2 aliphatic heterocycles. The van der Waals surface area contributed by atoms with Crippen LogP contribution in [0.25, 0.3) is 5.82 Å². The van der Waals surface area contributed by atoms with Crippen LogP contribution in [0.5, 0.6) is 0 Å². The molecular formula is C22H21F3N6O2. The second-order valence-corrected chi connectivity index (χ2v) is 8.03. The van der Waals surface area contributed by atoms with E-state index in [0.29, 0.717) is 36.1 Å². The fourth-order valence-electron chi connectivity index (χ4n) is 4.29. The number of anilines is 2. The molecule has 1 fully saturated rings. The second kappa shape index (κ2) is 8.14. The van der Waals surface area contributed by atoms with Crippen LogP contribution in [-0.2, 0) is 15.7 Å². The lowest BCUT2D eigenvalue weighted by atomic mass is 9.85. The molecule has 1 saturated heterocycles. The van der Waals surface area contributed by atoms with E-state index in [2.05, 4.69) is 25.5 Å². The molecule has 0 bridgehead atoms. The zero-order valence-electron chi connectivity index (χ0n) is 17.8. The van der Waals surface area contributed by atoms with E-state index >= 15 is 0 Å². The standard InChI is InChI=1S/C22H21F3N6O2/c1-13-20-16(14-2-4-15(5-3-14)22(23,24)25)12-19(32)26-21(20)31(29-13)18-7-6-17(27-28-18)30-8-10-33-11-9-30/h2-7,16H,8-12H2,1H3,(H,26,32)/t16-/m0/s1. The summed E-state index contributed by atoms with van der Waals surface area (Å²) in [4.78, 5) is 14.6. The maximum atomic E-state index is 13.0. The Morgan fingerprint density at radius 3 is 2.33 bits per heavy atom. The van der Waals surface area contributed by atoms with E-state index in [4.69, 9.17) is 4.74 Å². The highest BCUT2D eigenvalue weighted by Crippen LogP contribution is 2.41. The van der Waals surface area contributed by atoms with Gasteiger partial charge in [0, 0.05) is 31.0 Å². The molecule has 4 heterocycles. The van der Waals surface area contributed by atoms with Gasteiger partial charge in [-0.25, -0.2) is 0 Å². The minimum absolute atomic E-state index is 0.118. The molecule has 0 saturated carbocycles. The number of alkyl halides is 3. The molecule has 1 amide bonds. The number of carbonyl (C=O) groups is 1. The molecular weight excluding hydrogens is 437 g/mol. The summed E-state index contributed by atoms with van der Waals surface area (Å²) in [6, 6.07) is 8.54. The van der Waals surface area contributed by atoms with Gasteiger partial charge in [-0.15, -0.1) is 10.2 Å². The average molecular weight is 458 g/mol. The molecule has 8 nitrogen and oxygen atoms in total. The highest BCUT2D eigenvalue weighted by atomic mass is 19.4. The third-order valence-corrected chi connectivity index (χ3v) is 5.93. The van der Waals surface area contributed by atoms with Crippen molar-refractivity contribution in [1.82, 2.24) is 20.0 Å². The molecule has 0 aliphatic carbocycles. The van der Waals surface area contributed by atoms with Gasteiger partial charge in [-0.2, -0.15) is 23.0 Å². The summed E-state index contributed by atoms with van der Waals surface area (Å²) in [6.07, 6.45) is -4.30.